The van der Waals surface area contributed by atoms with Crippen molar-refractivity contribution in [1.82, 2.24) is 4.90 Å². The van der Waals surface area contributed by atoms with Gasteiger partial charge in [0.15, 0.2) is 11.6 Å². The normalized spacial score (nSPS) is 23.9. The fraction of sp³-hybridized carbons (Fsp3) is 0.156. The Morgan fingerprint density at radius 1 is 1.00 bits per heavy atom. The van der Waals surface area contributed by atoms with Crippen LogP contribution >= 0.6 is 27.3 Å². The van der Waals surface area contributed by atoms with Crippen LogP contribution in [0.3, 0.4) is 0 Å². The Kier molecular flexibility index (Phi) is 5.80. The summed E-state index contributed by atoms with van der Waals surface area (Å²) < 4.78 is 6.02. The number of carbonyl (C=O) groups excluding carboxylic acids is 3. The molecule has 0 bridgehead atoms. The summed E-state index contributed by atoms with van der Waals surface area (Å²) in [6.45, 7) is 0. The maximum absolute atomic E-state index is 14.6. The molecule has 4 atom stereocenters. The Labute approximate surface area is 243 Å². The van der Waals surface area contributed by atoms with Gasteiger partial charge in [-0.3, -0.25) is 14.4 Å². The average Bonchev–Trinajstić information content (AvgIpc) is 3.69. The summed E-state index contributed by atoms with van der Waals surface area (Å²) in [5.74, 6) is -1.10. The molecule has 0 unspecified atom stereocenters. The van der Waals surface area contributed by atoms with E-state index in [0.717, 1.165) is 16.7 Å². The Morgan fingerprint density at radius 2 is 1.80 bits per heavy atom. The predicted molar refractivity (Wildman–Crippen MR) is 158 cm³/mol. The van der Waals surface area contributed by atoms with Crippen LogP contribution in [0.5, 0.6) is 5.75 Å². The van der Waals surface area contributed by atoms with E-state index in [2.05, 4.69) is 21.2 Å². The van der Waals surface area contributed by atoms with Gasteiger partial charge in [-0.1, -0.05) is 48.5 Å². The van der Waals surface area contributed by atoms with Crippen molar-refractivity contribution >= 4 is 56.5 Å². The third-order valence-electron chi connectivity index (χ3n) is 8.32. The first-order chi connectivity index (χ1) is 19.5. The Bertz CT molecular complexity index is 1730. The number of fused-ring (bicyclic) bond motifs is 6. The van der Waals surface area contributed by atoms with Gasteiger partial charge in [0.1, 0.15) is 17.2 Å². The molecule has 4 aromatic rings. The van der Waals surface area contributed by atoms with Gasteiger partial charge < -0.3 is 15.0 Å². The van der Waals surface area contributed by atoms with E-state index in [1.54, 1.807) is 31.4 Å². The number of benzene rings is 3. The van der Waals surface area contributed by atoms with Crippen molar-refractivity contribution in [2.75, 3.05) is 12.4 Å². The summed E-state index contributed by atoms with van der Waals surface area (Å²) in [6, 6.07) is 22.7. The van der Waals surface area contributed by atoms with E-state index in [0.29, 0.717) is 26.4 Å². The van der Waals surface area contributed by atoms with Crippen LogP contribution in [-0.4, -0.2) is 35.5 Å². The maximum atomic E-state index is 14.6. The zero-order chi connectivity index (χ0) is 27.6. The molecule has 1 N–H and O–H groups in total. The molecule has 0 aliphatic carbocycles. The van der Waals surface area contributed by atoms with Crippen LogP contribution < -0.4 is 10.1 Å². The lowest BCUT2D eigenvalue weighted by atomic mass is 9.63. The molecule has 1 saturated heterocycles. The lowest BCUT2D eigenvalue weighted by molar-refractivity contribution is -0.122. The number of nitrogens with zero attached hydrogens (tertiary/aromatic N) is 1. The SMILES string of the molecule is COc1ccc(C(=O)[C@@H]2[C@H](C(=O)c3cccs3)[C@]3(C(=O)Nc4ccccc43)[C@H]3c4ccccc4C=CN23)cc1Br. The second kappa shape index (κ2) is 9.28. The highest BCUT2D eigenvalue weighted by Gasteiger charge is 2.70. The second-order valence-electron chi connectivity index (χ2n) is 10.1. The monoisotopic (exact) mass is 610 g/mol. The number of rotatable bonds is 5. The maximum Gasteiger partial charge on any atom is 0.238 e. The number of hydrogen-bond donors (Lipinski definition) is 1. The van der Waals surface area contributed by atoms with E-state index in [9.17, 15) is 14.4 Å². The van der Waals surface area contributed by atoms with Crippen molar-refractivity contribution in [2.24, 2.45) is 5.92 Å². The average molecular weight is 612 g/mol. The van der Waals surface area contributed by atoms with Gasteiger partial charge in [-0.25, -0.2) is 0 Å². The van der Waals surface area contributed by atoms with Crippen LogP contribution in [0, 0.1) is 5.92 Å². The topological polar surface area (TPSA) is 75.7 Å². The van der Waals surface area contributed by atoms with Gasteiger partial charge in [-0.2, -0.15) is 0 Å². The molecule has 1 aromatic heterocycles. The summed E-state index contributed by atoms with van der Waals surface area (Å²) in [7, 11) is 1.56. The number of hydrogen-bond acceptors (Lipinski definition) is 6. The second-order valence-corrected chi connectivity index (χ2v) is 11.9. The lowest BCUT2D eigenvalue weighted by Crippen LogP contribution is -2.49. The van der Waals surface area contributed by atoms with E-state index in [4.69, 9.17) is 4.74 Å². The summed E-state index contributed by atoms with van der Waals surface area (Å²) in [6.07, 6.45) is 3.84. The predicted octanol–water partition coefficient (Wildman–Crippen LogP) is 6.50. The molecular formula is C32H23BrN2O4S. The van der Waals surface area contributed by atoms with Gasteiger partial charge in [-0.15, -0.1) is 11.3 Å². The Hall–Kier alpha value is -4.01. The third kappa shape index (κ3) is 3.36. The minimum atomic E-state index is -1.33. The van der Waals surface area contributed by atoms with Crippen molar-refractivity contribution < 1.29 is 19.1 Å². The van der Waals surface area contributed by atoms with Crippen molar-refractivity contribution in [2.45, 2.75) is 17.5 Å². The number of halogens is 1. The van der Waals surface area contributed by atoms with E-state index in [1.807, 2.05) is 77.2 Å². The number of Topliss-reactive ketones (excluding diaryl/α,β-unsaturated/α-hetero) is 2. The zero-order valence-corrected chi connectivity index (χ0v) is 23.7. The number of anilines is 1. The smallest absolute Gasteiger partial charge is 0.238 e. The number of thiophene rings is 1. The number of carbonyl (C=O) groups is 3. The molecule has 3 aliphatic rings. The molecule has 7 rings (SSSR count). The molecular weight excluding hydrogens is 588 g/mol. The molecule has 40 heavy (non-hydrogen) atoms. The van der Waals surface area contributed by atoms with Crippen molar-refractivity contribution in [1.29, 1.82) is 0 Å². The largest absolute Gasteiger partial charge is 0.496 e. The van der Waals surface area contributed by atoms with Crippen LogP contribution in [0.15, 0.2) is 94.9 Å². The van der Waals surface area contributed by atoms with Gasteiger partial charge in [-0.05, 0) is 74.4 Å². The van der Waals surface area contributed by atoms with Crippen LogP contribution in [-0.2, 0) is 10.2 Å². The van der Waals surface area contributed by atoms with Crippen molar-refractivity contribution in [3.63, 3.8) is 0 Å². The van der Waals surface area contributed by atoms with Gasteiger partial charge in [0.2, 0.25) is 5.91 Å². The highest BCUT2D eigenvalue weighted by molar-refractivity contribution is 9.10. The molecule has 0 saturated carbocycles. The van der Waals surface area contributed by atoms with Gasteiger partial charge in [0.25, 0.3) is 0 Å². The van der Waals surface area contributed by atoms with Crippen LogP contribution in [0.2, 0.25) is 0 Å². The zero-order valence-electron chi connectivity index (χ0n) is 21.3. The number of para-hydroxylation sites is 1. The van der Waals surface area contributed by atoms with Crippen LogP contribution in [0.4, 0.5) is 5.69 Å². The number of ketones is 2. The highest BCUT2D eigenvalue weighted by Crippen LogP contribution is 2.62. The molecule has 4 heterocycles. The van der Waals surface area contributed by atoms with Crippen LogP contribution in [0.1, 0.15) is 42.8 Å². The molecule has 6 nitrogen and oxygen atoms in total. The molecule has 1 spiro atoms. The number of ether oxygens (including phenoxy) is 1. The standard InChI is InChI=1S/C32H23BrN2O4S/c1-39-24-13-12-19(17-22(24)33)28(36)27-26(29(37)25-11-6-16-40-25)32(21-9-4-5-10-23(21)34-31(32)38)30-20-8-3-2-7-18(20)14-15-35(27)30/h2-17,26-27,30H,1H3,(H,34,38)/t26-,27+,30-,32+/m1/s1. The lowest BCUT2D eigenvalue weighted by Gasteiger charge is -2.38. The Morgan fingerprint density at radius 3 is 2.58 bits per heavy atom. The van der Waals surface area contributed by atoms with E-state index >= 15 is 0 Å². The first-order valence-electron chi connectivity index (χ1n) is 12.9. The summed E-state index contributed by atoms with van der Waals surface area (Å²) in [5, 5.41) is 4.92. The highest BCUT2D eigenvalue weighted by atomic mass is 79.9. The van der Waals surface area contributed by atoms with Crippen LogP contribution in [0.25, 0.3) is 6.08 Å². The van der Waals surface area contributed by atoms with Crippen molar-refractivity contribution in [3.8, 4) is 5.75 Å². The molecule has 198 valence electrons. The fourth-order valence-electron chi connectivity index (χ4n) is 6.73. The summed E-state index contributed by atoms with van der Waals surface area (Å²) in [5.41, 5.74) is 2.37. The quantitative estimate of drug-likeness (QED) is 0.261. The first kappa shape index (κ1) is 25.0. The molecule has 3 aliphatic heterocycles. The molecule has 3 aromatic carbocycles. The first-order valence-corrected chi connectivity index (χ1v) is 14.5. The van der Waals surface area contributed by atoms with Crippen molar-refractivity contribution in [3.05, 3.63) is 122 Å². The van der Waals surface area contributed by atoms with Gasteiger partial charge >= 0.3 is 0 Å². The van der Waals surface area contributed by atoms with Gasteiger partial charge in [0.05, 0.1) is 28.4 Å². The number of methoxy groups -OCH3 is 1. The number of nitrogens with one attached hydrogen (secondary N) is 1. The van der Waals surface area contributed by atoms with E-state index in [-0.39, 0.29) is 17.5 Å². The summed E-state index contributed by atoms with van der Waals surface area (Å²) >= 11 is 4.83. The minimum absolute atomic E-state index is 0.215. The molecule has 1 amide bonds. The van der Waals surface area contributed by atoms with E-state index in [1.165, 1.54) is 11.3 Å². The number of amides is 1. The molecule has 1 fully saturated rings. The summed E-state index contributed by atoms with van der Waals surface area (Å²) in [4.78, 5) is 46.0. The third-order valence-corrected chi connectivity index (χ3v) is 9.83. The molecule has 8 heteroatoms. The fourth-order valence-corrected chi connectivity index (χ4v) is 7.97. The van der Waals surface area contributed by atoms with Gasteiger partial charge in [0, 0.05) is 17.5 Å². The molecule has 0 radical (unpaired) electrons. The minimum Gasteiger partial charge on any atom is -0.496 e. The Balaban J connectivity index is 1.52. The van der Waals surface area contributed by atoms with E-state index < -0.39 is 23.4 Å².